The summed E-state index contributed by atoms with van der Waals surface area (Å²) >= 11 is 0. The number of fused-ring (bicyclic) bond motifs is 3. The summed E-state index contributed by atoms with van der Waals surface area (Å²) in [4.78, 5) is 18.9. The molecule has 8 nitrogen and oxygen atoms in total. The number of carbonyl (C=O) groups is 1. The highest BCUT2D eigenvalue weighted by Gasteiger charge is 2.36. The van der Waals surface area contributed by atoms with Gasteiger partial charge in [0.1, 0.15) is 5.82 Å². The molecule has 1 amide bonds. The third-order valence-corrected chi connectivity index (χ3v) is 6.35. The van der Waals surface area contributed by atoms with Gasteiger partial charge in [-0.15, -0.1) is 5.10 Å². The molecule has 0 saturated carbocycles. The Morgan fingerprint density at radius 2 is 1.94 bits per heavy atom. The molecule has 2 aromatic heterocycles. The SMILES string of the molecule is N#Cc1cccc(F)c1-c1cc(-n2cc(F)c(N3C[C@H]4CC[C@@H](C3)O4)n2)c2c(n1)CNC2=O. The predicted octanol–water partition coefficient (Wildman–Crippen LogP) is 2.70. The van der Waals surface area contributed by atoms with Gasteiger partial charge in [-0.3, -0.25) is 4.79 Å². The van der Waals surface area contributed by atoms with Gasteiger partial charge in [-0.1, -0.05) is 6.07 Å². The van der Waals surface area contributed by atoms with E-state index in [4.69, 9.17) is 4.74 Å². The maximum absolute atomic E-state index is 15.0. The van der Waals surface area contributed by atoms with E-state index in [9.17, 15) is 14.4 Å². The average molecular weight is 448 g/mol. The predicted molar refractivity (Wildman–Crippen MR) is 113 cm³/mol. The number of rotatable bonds is 3. The Bertz CT molecular complexity index is 1340. The summed E-state index contributed by atoms with van der Waals surface area (Å²) < 4.78 is 36.9. The van der Waals surface area contributed by atoms with Gasteiger partial charge in [-0.25, -0.2) is 18.4 Å². The minimum atomic E-state index is -0.610. The quantitative estimate of drug-likeness (QED) is 0.662. The zero-order valence-electron chi connectivity index (χ0n) is 17.4. The Kier molecular flexibility index (Phi) is 4.41. The number of anilines is 1. The van der Waals surface area contributed by atoms with E-state index in [1.165, 1.54) is 35.1 Å². The lowest BCUT2D eigenvalue weighted by molar-refractivity contribution is 0.0300. The second-order valence-electron chi connectivity index (χ2n) is 8.41. The number of benzene rings is 1. The molecule has 2 bridgehead atoms. The van der Waals surface area contributed by atoms with Crippen LogP contribution in [0.2, 0.25) is 0 Å². The maximum atomic E-state index is 15.0. The summed E-state index contributed by atoms with van der Waals surface area (Å²) in [5.41, 5.74) is 1.24. The average Bonchev–Trinajstić information content (AvgIpc) is 3.49. The van der Waals surface area contributed by atoms with E-state index < -0.39 is 11.6 Å². The molecular formula is C23H18F2N6O2. The molecule has 33 heavy (non-hydrogen) atoms. The van der Waals surface area contributed by atoms with Crippen molar-refractivity contribution in [3.8, 4) is 23.0 Å². The van der Waals surface area contributed by atoms with E-state index in [2.05, 4.69) is 15.4 Å². The Morgan fingerprint density at radius 1 is 1.15 bits per heavy atom. The molecule has 2 atom stereocenters. The van der Waals surface area contributed by atoms with Crippen molar-refractivity contribution in [1.29, 1.82) is 5.26 Å². The van der Waals surface area contributed by atoms with Gasteiger partial charge in [0.15, 0.2) is 11.6 Å². The largest absolute Gasteiger partial charge is 0.371 e. The Hall–Kier alpha value is -3.84. The fraction of sp³-hybridized carbons (Fsp3) is 0.304. The molecule has 1 N–H and O–H groups in total. The van der Waals surface area contributed by atoms with Crippen LogP contribution in [0.4, 0.5) is 14.6 Å². The van der Waals surface area contributed by atoms with Crippen molar-refractivity contribution in [3.05, 3.63) is 58.9 Å². The van der Waals surface area contributed by atoms with Crippen LogP contribution < -0.4 is 10.2 Å². The second-order valence-corrected chi connectivity index (χ2v) is 8.41. The summed E-state index contributed by atoms with van der Waals surface area (Å²) in [6.07, 6.45) is 3.20. The first-order valence-electron chi connectivity index (χ1n) is 10.7. The smallest absolute Gasteiger partial charge is 0.255 e. The number of halogens is 2. The Balaban J connectivity index is 1.49. The first kappa shape index (κ1) is 19.8. The van der Waals surface area contributed by atoms with Crippen LogP contribution in [0.1, 0.15) is 34.5 Å². The number of nitrogens with one attached hydrogen (secondary N) is 1. The van der Waals surface area contributed by atoms with Crippen LogP contribution in [-0.2, 0) is 11.3 Å². The van der Waals surface area contributed by atoms with E-state index in [-0.39, 0.29) is 58.5 Å². The first-order chi connectivity index (χ1) is 16.0. The van der Waals surface area contributed by atoms with Crippen molar-refractivity contribution >= 4 is 11.7 Å². The van der Waals surface area contributed by atoms with Gasteiger partial charge in [-0.05, 0) is 31.0 Å². The molecule has 2 fully saturated rings. The van der Waals surface area contributed by atoms with E-state index >= 15 is 4.39 Å². The number of ether oxygens (including phenoxy) is 1. The topological polar surface area (TPSA) is 96.1 Å². The highest BCUT2D eigenvalue weighted by atomic mass is 19.1. The third kappa shape index (κ3) is 3.15. The molecule has 3 aliphatic rings. The molecule has 0 radical (unpaired) electrons. The highest BCUT2D eigenvalue weighted by Crippen LogP contribution is 2.34. The van der Waals surface area contributed by atoms with Crippen LogP contribution in [0.25, 0.3) is 16.9 Å². The number of aromatic nitrogens is 3. The standard InChI is InChI=1S/C23H18F2N6O2/c24-15-3-1-2-12(7-26)20(15)17-6-19(21-18(28-17)8-27-23(21)32)31-11-16(25)22(29-31)30-9-13-4-5-14(10-30)33-13/h1-3,6,11,13-14H,4-5,8-10H2,(H,27,32)/t13-,14+. The third-order valence-electron chi connectivity index (χ3n) is 6.35. The van der Waals surface area contributed by atoms with E-state index in [0.29, 0.717) is 18.8 Å². The molecule has 6 rings (SSSR count). The molecule has 5 heterocycles. The fourth-order valence-corrected chi connectivity index (χ4v) is 4.87. The van der Waals surface area contributed by atoms with Crippen molar-refractivity contribution in [2.24, 2.45) is 0 Å². The normalized spacial score (nSPS) is 21.1. The number of amides is 1. The van der Waals surface area contributed by atoms with Gasteiger partial charge in [0.25, 0.3) is 5.91 Å². The lowest BCUT2D eigenvalue weighted by Crippen LogP contribution is -2.43. The summed E-state index contributed by atoms with van der Waals surface area (Å²) in [6, 6.07) is 7.64. The van der Waals surface area contributed by atoms with E-state index in [1.54, 1.807) is 0 Å². The number of nitriles is 1. The van der Waals surface area contributed by atoms with Crippen LogP contribution in [0.5, 0.6) is 0 Å². The van der Waals surface area contributed by atoms with Crippen LogP contribution in [0.3, 0.4) is 0 Å². The number of hydrogen-bond donors (Lipinski definition) is 1. The van der Waals surface area contributed by atoms with Crippen molar-refractivity contribution in [1.82, 2.24) is 20.1 Å². The molecule has 0 unspecified atom stereocenters. The van der Waals surface area contributed by atoms with Crippen molar-refractivity contribution in [2.75, 3.05) is 18.0 Å². The van der Waals surface area contributed by atoms with Crippen LogP contribution >= 0.6 is 0 Å². The number of morpholine rings is 1. The zero-order chi connectivity index (χ0) is 22.7. The van der Waals surface area contributed by atoms with Gasteiger partial charge < -0.3 is 15.0 Å². The Labute approximate surface area is 187 Å². The minimum Gasteiger partial charge on any atom is -0.371 e. The van der Waals surface area contributed by atoms with Gasteiger partial charge in [0.05, 0.1) is 64.8 Å². The molecule has 3 aromatic rings. The molecule has 1 aromatic carbocycles. The van der Waals surface area contributed by atoms with E-state index in [0.717, 1.165) is 12.8 Å². The number of hydrogen-bond acceptors (Lipinski definition) is 6. The summed E-state index contributed by atoms with van der Waals surface area (Å²) in [7, 11) is 0. The number of nitrogens with zero attached hydrogens (tertiary/aromatic N) is 5. The first-order valence-corrected chi connectivity index (χ1v) is 10.7. The van der Waals surface area contributed by atoms with E-state index in [1.807, 2.05) is 11.0 Å². The van der Waals surface area contributed by atoms with Crippen LogP contribution in [0.15, 0.2) is 30.5 Å². The number of carbonyl (C=O) groups excluding carboxylic acids is 1. The van der Waals surface area contributed by atoms with Crippen LogP contribution in [0, 0.1) is 23.0 Å². The van der Waals surface area contributed by atoms with Gasteiger partial charge in [0, 0.05) is 13.1 Å². The summed E-state index contributed by atoms with van der Waals surface area (Å²) in [6.45, 7) is 1.24. The molecular weight excluding hydrogens is 430 g/mol. The summed E-state index contributed by atoms with van der Waals surface area (Å²) in [5.74, 6) is -1.31. The molecule has 10 heteroatoms. The fourth-order valence-electron chi connectivity index (χ4n) is 4.87. The summed E-state index contributed by atoms with van der Waals surface area (Å²) in [5, 5.41) is 16.6. The maximum Gasteiger partial charge on any atom is 0.255 e. The monoisotopic (exact) mass is 448 g/mol. The van der Waals surface area contributed by atoms with Crippen LogP contribution in [-0.4, -0.2) is 46.0 Å². The Morgan fingerprint density at radius 3 is 2.70 bits per heavy atom. The highest BCUT2D eigenvalue weighted by molar-refractivity contribution is 6.01. The lowest BCUT2D eigenvalue weighted by atomic mass is 10.0. The van der Waals surface area contributed by atoms with Crippen molar-refractivity contribution < 1.29 is 18.3 Å². The van der Waals surface area contributed by atoms with Gasteiger partial charge >= 0.3 is 0 Å². The van der Waals surface area contributed by atoms with Crippen molar-refractivity contribution in [3.63, 3.8) is 0 Å². The minimum absolute atomic E-state index is 0.0287. The zero-order valence-corrected chi connectivity index (χ0v) is 17.4. The lowest BCUT2D eigenvalue weighted by Gasteiger charge is -2.32. The molecule has 3 aliphatic heterocycles. The molecule has 166 valence electrons. The van der Waals surface area contributed by atoms with Crippen molar-refractivity contribution in [2.45, 2.75) is 31.6 Å². The molecule has 0 aliphatic carbocycles. The molecule has 2 saturated heterocycles. The molecule has 0 spiro atoms. The number of pyridine rings is 1. The second kappa shape index (κ2) is 7.35. The van der Waals surface area contributed by atoms with Gasteiger partial charge in [0.2, 0.25) is 0 Å². The van der Waals surface area contributed by atoms with Gasteiger partial charge in [-0.2, -0.15) is 5.26 Å².